The van der Waals surface area contributed by atoms with Gasteiger partial charge in [0.1, 0.15) is 0 Å². The molecule has 8 heteroatoms. The first kappa shape index (κ1) is 23.0. The molecule has 0 saturated carbocycles. The molecule has 0 aliphatic carbocycles. The number of likely N-dealkylation sites (tertiary alicyclic amines) is 1. The number of ether oxygens (including phenoxy) is 1. The number of aromatic amines is 1. The molecule has 2 N–H and O–H groups in total. The third-order valence-electron chi connectivity index (χ3n) is 7.06. The number of rotatable bonds is 5. The minimum absolute atomic E-state index is 0.0703. The highest BCUT2D eigenvalue weighted by Crippen LogP contribution is 2.52. The SMILES string of the molecule is CN1CCC[C@H]1CNc1ccc2c(c1)Sc1cccc(-c3cc(N4CCOCC4)cc(=O)[nH]3)c1S2. The van der Waals surface area contributed by atoms with E-state index in [1.807, 2.05) is 11.8 Å². The van der Waals surface area contributed by atoms with E-state index in [0.717, 1.165) is 36.6 Å². The van der Waals surface area contributed by atoms with Crippen LogP contribution in [0.2, 0.25) is 0 Å². The molecule has 3 aromatic rings. The zero-order valence-electron chi connectivity index (χ0n) is 19.9. The highest BCUT2D eigenvalue weighted by Gasteiger charge is 2.23. The lowest BCUT2D eigenvalue weighted by atomic mass is 10.1. The Bertz CT molecular complexity index is 1290. The van der Waals surface area contributed by atoms with Gasteiger partial charge >= 0.3 is 0 Å². The van der Waals surface area contributed by atoms with Gasteiger partial charge in [-0.3, -0.25) is 4.79 Å². The first-order chi connectivity index (χ1) is 17.1. The van der Waals surface area contributed by atoms with Crippen molar-refractivity contribution >= 4 is 34.9 Å². The summed E-state index contributed by atoms with van der Waals surface area (Å²) in [6, 6.07) is 17.5. The van der Waals surface area contributed by atoms with E-state index in [4.69, 9.17) is 4.74 Å². The third kappa shape index (κ3) is 4.85. The number of hydrogen-bond donors (Lipinski definition) is 2. The maximum Gasteiger partial charge on any atom is 0.250 e. The van der Waals surface area contributed by atoms with E-state index in [1.165, 1.54) is 44.7 Å². The molecule has 182 valence electrons. The first-order valence-electron chi connectivity index (χ1n) is 12.3. The summed E-state index contributed by atoms with van der Waals surface area (Å²) in [7, 11) is 2.22. The molecule has 0 unspecified atom stereocenters. The number of likely N-dealkylation sites (N-methyl/N-ethyl adjacent to an activating group) is 1. The molecule has 35 heavy (non-hydrogen) atoms. The molecule has 0 bridgehead atoms. The van der Waals surface area contributed by atoms with Crippen molar-refractivity contribution in [2.24, 2.45) is 0 Å². The van der Waals surface area contributed by atoms with Crippen molar-refractivity contribution in [3.63, 3.8) is 0 Å². The van der Waals surface area contributed by atoms with E-state index in [0.29, 0.717) is 19.3 Å². The minimum atomic E-state index is -0.0703. The molecule has 3 aliphatic rings. The number of nitrogens with zero attached hydrogens (tertiary/aromatic N) is 2. The molecular weight excluding hydrogens is 476 g/mol. The van der Waals surface area contributed by atoms with Gasteiger partial charge < -0.3 is 24.8 Å². The summed E-state index contributed by atoms with van der Waals surface area (Å²) < 4.78 is 5.49. The van der Waals surface area contributed by atoms with Gasteiger partial charge in [-0.2, -0.15) is 0 Å². The van der Waals surface area contributed by atoms with Gasteiger partial charge in [0, 0.05) is 68.3 Å². The number of nitrogens with one attached hydrogen (secondary N) is 2. The van der Waals surface area contributed by atoms with E-state index in [9.17, 15) is 4.79 Å². The van der Waals surface area contributed by atoms with Crippen LogP contribution in [0.3, 0.4) is 0 Å². The van der Waals surface area contributed by atoms with Crippen molar-refractivity contribution in [1.29, 1.82) is 0 Å². The lowest BCUT2D eigenvalue weighted by Crippen LogP contribution is -2.36. The lowest BCUT2D eigenvalue weighted by Gasteiger charge is -2.29. The molecule has 1 atom stereocenters. The zero-order valence-corrected chi connectivity index (χ0v) is 21.5. The molecule has 3 aliphatic heterocycles. The standard InChI is InChI=1S/C27H30N4O2S2/c1-30-9-3-4-19(30)17-28-18-7-8-23-25(14-18)34-24-6-2-5-21(27(24)35-23)22-15-20(16-26(32)29-22)31-10-12-33-13-11-31/h2,5-8,14-16,19,28H,3-4,9-13,17H2,1H3,(H,29,32)/t19-/m0/s1. The highest BCUT2D eigenvalue weighted by atomic mass is 32.2. The number of aromatic nitrogens is 1. The molecule has 1 aromatic heterocycles. The Morgan fingerprint density at radius 2 is 1.91 bits per heavy atom. The lowest BCUT2D eigenvalue weighted by molar-refractivity contribution is 0.122. The molecule has 6 nitrogen and oxygen atoms in total. The van der Waals surface area contributed by atoms with Crippen LogP contribution in [0.25, 0.3) is 11.3 Å². The molecular formula is C27H30N4O2S2. The van der Waals surface area contributed by atoms with Gasteiger partial charge in [0.25, 0.3) is 0 Å². The number of fused-ring (bicyclic) bond motifs is 2. The predicted octanol–water partition coefficient (Wildman–Crippen LogP) is 5.00. The van der Waals surface area contributed by atoms with Crippen molar-refractivity contribution < 1.29 is 4.74 Å². The average molecular weight is 507 g/mol. The average Bonchev–Trinajstić information content (AvgIpc) is 3.30. The van der Waals surface area contributed by atoms with Crippen LogP contribution in [0.5, 0.6) is 0 Å². The third-order valence-corrected chi connectivity index (χ3v) is 9.66. The maximum absolute atomic E-state index is 12.6. The van der Waals surface area contributed by atoms with E-state index >= 15 is 0 Å². The Kier molecular flexibility index (Phi) is 6.54. The van der Waals surface area contributed by atoms with Crippen LogP contribution in [0, 0.1) is 0 Å². The summed E-state index contributed by atoms with van der Waals surface area (Å²) in [5.41, 5.74) is 4.01. The summed E-state index contributed by atoms with van der Waals surface area (Å²) in [6.45, 7) is 5.19. The topological polar surface area (TPSA) is 60.6 Å². The summed E-state index contributed by atoms with van der Waals surface area (Å²) in [5, 5.41) is 3.65. The minimum Gasteiger partial charge on any atom is -0.383 e. The van der Waals surface area contributed by atoms with Gasteiger partial charge in [-0.05, 0) is 56.8 Å². The van der Waals surface area contributed by atoms with Gasteiger partial charge in [-0.25, -0.2) is 0 Å². The molecule has 2 saturated heterocycles. The molecule has 2 fully saturated rings. The molecule has 2 aromatic carbocycles. The van der Waals surface area contributed by atoms with Crippen molar-refractivity contribution in [2.75, 3.05) is 56.7 Å². The Morgan fingerprint density at radius 3 is 2.74 bits per heavy atom. The summed E-state index contributed by atoms with van der Waals surface area (Å²) in [4.78, 5) is 25.3. The fraction of sp³-hybridized carbons (Fsp3) is 0.370. The van der Waals surface area contributed by atoms with Crippen LogP contribution >= 0.6 is 23.5 Å². The second kappa shape index (κ2) is 9.93. The summed E-state index contributed by atoms with van der Waals surface area (Å²) in [6.07, 6.45) is 2.56. The fourth-order valence-electron chi connectivity index (χ4n) is 5.07. The maximum atomic E-state index is 12.6. The fourth-order valence-corrected chi connectivity index (χ4v) is 7.49. The second-order valence-electron chi connectivity index (χ2n) is 9.37. The normalized spacial score (nSPS) is 19.9. The number of anilines is 2. The van der Waals surface area contributed by atoms with Gasteiger partial charge in [0.2, 0.25) is 5.56 Å². The van der Waals surface area contributed by atoms with E-state index in [2.05, 4.69) is 69.6 Å². The largest absolute Gasteiger partial charge is 0.383 e. The quantitative estimate of drug-likeness (QED) is 0.395. The van der Waals surface area contributed by atoms with Crippen LogP contribution < -0.4 is 15.8 Å². The van der Waals surface area contributed by atoms with Crippen molar-refractivity contribution in [3.05, 3.63) is 58.9 Å². The Morgan fingerprint density at radius 1 is 1.03 bits per heavy atom. The van der Waals surface area contributed by atoms with Gasteiger partial charge in [-0.15, -0.1) is 0 Å². The Labute approximate surface area is 214 Å². The number of hydrogen-bond acceptors (Lipinski definition) is 7. The van der Waals surface area contributed by atoms with E-state index in [1.54, 1.807) is 17.8 Å². The molecule has 4 heterocycles. The number of H-pyrrole nitrogens is 1. The van der Waals surface area contributed by atoms with Crippen molar-refractivity contribution in [2.45, 2.75) is 38.5 Å². The predicted molar refractivity (Wildman–Crippen MR) is 144 cm³/mol. The van der Waals surface area contributed by atoms with Crippen LogP contribution in [0.1, 0.15) is 12.8 Å². The van der Waals surface area contributed by atoms with Crippen LogP contribution in [-0.4, -0.2) is 62.4 Å². The van der Waals surface area contributed by atoms with Gasteiger partial charge in [-0.1, -0.05) is 35.7 Å². The molecule has 0 amide bonds. The number of morpholine rings is 1. The Balaban J connectivity index is 1.26. The summed E-state index contributed by atoms with van der Waals surface area (Å²) >= 11 is 3.60. The van der Waals surface area contributed by atoms with Crippen LogP contribution in [0.15, 0.2) is 72.9 Å². The highest BCUT2D eigenvalue weighted by molar-refractivity contribution is 8.05. The van der Waals surface area contributed by atoms with Gasteiger partial charge in [0.05, 0.1) is 18.9 Å². The Hall–Kier alpha value is -2.39. The van der Waals surface area contributed by atoms with Crippen LogP contribution in [0.4, 0.5) is 11.4 Å². The summed E-state index contributed by atoms with van der Waals surface area (Å²) in [5.74, 6) is 0. The van der Waals surface area contributed by atoms with Crippen molar-refractivity contribution in [3.8, 4) is 11.3 Å². The molecule has 6 rings (SSSR count). The van der Waals surface area contributed by atoms with E-state index in [-0.39, 0.29) is 5.56 Å². The molecule has 0 radical (unpaired) electrons. The smallest absolute Gasteiger partial charge is 0.250 e. The monoisotopic (exact) mass is 506 g/mol. The molecule has 0 spiro atoms. The second-order valence-corrected chi connectivity index (χ2v) is 11.5. The number of pyridine rings is 1. The van der Waals surface area contributed by atoms with Gasteiger partial charge in [0.15, 0.2) is 0 Å². The van der Waals surface area contributed by atoms with Crippen molar-refractivity contribution in [1.82, 2.24) is 9.88 Å². The van der Waals surface area contributed by atoms with Crippen LogP contribution in [-0.2, 0) is 4.74 Å². The zero-order chi connectivity index (χ0) is 23.8. The number of benzene rings is 2. The van der Waals surface area contributed by atoms with E-state index < -0.39 is 0 Å². The first-order valence-corrected chi connectivity index (χ1v) is 13.9.